The van der Waals surface area contributed by atoms with Gasteiger partial charge in [-0.15, -0.1) is 0 Å². The molecule has 1 aromatic carbocycles. The van der Waals surface area contributed by atoms with Crippen molar-refractivity contribution >= 4 is 11.6 Å². The van der Waals surface area contributed by atoms with Gasteiger partial charge in [-0.2, -0.15) is 0 Å². The third-order valence-corrected chi connectivity index (χ3v) is 2.48. The van der Waals surface area contributed by atoms with Crippen LogP contribution in [0.15, 0.2) is 36.7 Å². The molecular weight excluding hydrogens is 235 g/mol. The molecule has 1 heterocycles. The van der Waals surface area contributed by atoms with Crippen LogP contribution in [0.1, 0.15) is 15.9 Å². The van der Waals surface area contributed by atoms with E-state index in [2.05, 4.69) is 10.3 Å². The number of pyridine rings is 1. The first-order valence-corrected chi connectivity index (χ1v) is 5.28. The van der Waals surface area contributed by atoms with Gasteiger partial charge in [-0.25, -0.2) is 4.39 Å². The first-order valence-electron chi connectivity index (χ1n) is 5.28. The van der Waals surface area contributed by atoms with Crippen LogP contribution in [-0.4, -0.2) is 16.0 Å². The van der Waals surface area contributed by atoms with Crippen molar-refractivity contribution in [1.82, 2.24) is 4.98 Å². The van der Waals surface area contributed by atoms with Crippen LogP contribution in [-0.2, 0) is 0 Å². The van der Waals surface area contributed by atoms with Gasteiger partial charge in [0.25, 0.3) is 5.91 Å². The molecular formula is C13H11FN2O2. The van der Waals surface area contributed by atoms with E-state index < -0.39 is 5.91 Å². The van der Waals surface area contributed by atoms with E-state index in [0.717, 1.165) is 0 Å². The lowest BCUT2D eigenvalue weighted by molar-refractivity contribution is 0.102. The summed E-state index contributed by atoms with van der Waals surface area (Å²) < 4.78 is 12.9. The minimum atomic E-state index is -0.468. The van der Waals surface area contributed by atoms with Crippen LogP contribution < -0.4 is 5.32 Å². The van der Waals surface area contributed by atoms with Gasteiger partial charge in [-0.05, 0) is 36.8 Å². The van der Waals surface area contributed by atoms with Crippen LogP contribution in [0.2, 0.25) is 0 Å². The number of nitrogens with one attached hydrogen (secondary N) is 1. The van der Waals surface area contributed by atoms with Gasteiger partial charge in [0.05, 0.1) is 11.8 Å². The predicted molar refractivity (Wildman–Crippen MR) is 65.0 cm³/mol. The average Bonchev–Trinajstić information content (AvgIpc) is 2.33. The van der Waals surface area contributed by atoms with Crippen molar-refractivity contribution in [3.8, 4) is 5.75 Å². The molecule has 92 valence electrons. The highest BCUT2D eigenvalue weighted by atomic mass is 19.1. The van der Waals surface area contributed by atoms with E-state index >= 15 is 0 Å². The van der Waals surface area contributed by atoms with Gasteiger partial charge in [-0.3, -0.25) is 9.78 Å². The Kier molecular flexibility index (Phi) is 3.23. The Morgan fingerprint density at radius 3 is 2.83 bits per heavy atom. The lowest BCUT2D eigenvalue weighted by Crippen LogP contribution is -2.13. The average molecular weight is 246 g/mol. The zero-order chi connectivity index (χ0) is 13.1. The third-order valence-electron chi connectivity index (χ3n) is 2.48. The van der Waals surface area contributed by atoms with E-state index in [1.807, 2.05) is 0 Å². The van der Waals surface area contributed by atoms with Crippen molar-refractivity contribution in [2.75, 3.05) is 5.32 Å². The molecule has 0 aliphatic carbocycles. The predicted octanol–water partition coefficient (Wildman–Crippen LogP) is 2.49. The smallest absolute Gasteiger partial charge is 0.259 e. The topological polar surface area (TPSA) is 62.2 Å². The van der Waals surface area contributed by atoms with Crippen LogP contribution >= 0.6 is 0 Å². The lowest BCUT2D eigenvalue weighted by Gasteiger charge is -2.09. The molecule has 0 atom stereocenters. The second-order valence-electron chi connectivity index (χ2n) is 3.81. The molecule has 0 bridgehead atoms. The standard InChI is InChI=1S/C13H11FN2O2/c1-8-6-9(14)2-3-11(8)16-13(18)10-4-5-15-7-12(10)17/h2-7,17H,1H3,(H,16,18). The van der Waals surface area contributed by atoms with Crippen LogP contribution in [0.25, 0.3) is 0 Å². The molecule has 4 nitrogen and oxygen atoms in total. The highest BCUT2D eigenvalue weighted by Gasteiger charge is 2.12. The van der Waals surface area contributed by atoms with Gasteiger partial charge >= 0.3 is 0 Å². The number of carbonyl (C=O) groups is 1. The summed E-state index contributed by atoms with van der Waals surface area (Å²) in [6.45, 7) is 1.69. The molecule has 0 radical (unpaired) electrons. The second kappa shape index (κ2) is 4.83. The monoisotopic (exact) mass is 246 g/mol. The van der Waals surface area contributed by atoms with Crippen molar-refractivity contribution in [2.24, 2.45) is 0 Å². The molecule has 18 heavy (non-hydrogen) atoms. The second-order valence-corrected chi connectivity index (χ2v) is 3.81. The molecule has 0 fully saturated rings. The van der Waals surface area contributed by atoms with E-state index in [1.165, 1.54) is 36.7 Å². The Morgan fingerprint density at radius 1 is 1.39 bits per heavy atom. The molecule has 0 saturated carbocycles. The zero-order valence-electron chi connectivity index (χ0n) is 9.64. The highest BCUT2D eigenvalue weighted by molar-refractivity contribution is 6.06. The number of carbonyl (C=O) groups excluding carboxylic acids is 1. The number of amides is 1. The largest absolute Gasteiger partial charge is 0.505 e. The van der Waals surface area contributed by atoms with E-state index in [0.29, 0.717) is 11.3 Å². The van der Waals surface area contributed by atoms with Crippen LogP contribution in [0, 0.1) is 12.7 Å². The molecule has 0 spiro atoms. The molecule has 1 amide bonds. The van der Waals surface area contributed by atoms with Gasteiger partial charge in [0.2, 0.25) is 0 Å². The van der Waals surface area contributed by atoms with Crippen molar-refractivity contribution < 1.29 is 14.3 Å². The Hall–Kier alpha value is -2.43. The normalized spacial score (nSPS) is 10.1. The maximum Gasteiger partial charge on any atom is 0.259 e. The Labute approximate surface area is 103 Å². The summed E-state index contributed by atoms with van der Waals surface area (Å²) in [5.41, 5.74) is 1.23. The molecule has 1 aromatic heterocycles. The van der Waals surface area contributed by atoms with E-state index in [1.54, 1.807) is 6.92 Å². The van der Waals surface area contributed by atoms with Gasteiger partial charge in [0.15, 0.2) is 0 Å². The number of aryl methyl sites for hydroxylation is 1. The van der Waals surface area contributed by atoms with Crippen molar-refractivity contribution in [3.05, 3.63) is 53.6 Å². The summed E-state index contributed by atoms with van der Waals surface area (Å²) in [6, 6.07) is 5.46. The molecule has 2 N–H and O–H groups in total. The maximum absolute atomic E-state index is 12.9. The fourth-order valence-electron chi connectivity index (χ4n) is 1.54. The molecule has 5 heteroatoms. The van der Waals surface area contributed by atoms with E-state index in [9.17, 15) is 14.3 Å². The minimum Gasteiger partial charge on any atom is -0.505 e. The molecule has 0 saturated heterocycles. The fraction of sp³-hybridized carbons (Fsp3) is 0.0769. The maximum atomic E-state index is 12.9. The van der Waals surface area contributed by atoms with Gasteiger partial charge in [0, 0.05) is 11.9 Å². The molecule has 0 aliphatic heterocycles. The summed E-state index contributed by atoms with van der Waals surface area (Å²) in [7, 11) is 0. The van der Waals surface area contributed by atoms with Crippen molar-refractivity contribution in [3.63, 3.8) is 0 Å². The van der Waals surface area contributed by atoms with Gasteiger partial charge < -0.3 is 10.4 Å². The van der Waals surface area contributed by atoms with Crippen LogP contribution in [0.4, 0.5) is 10.1 Å². The van der Waals surface area contributed by atoms with Crippen LogP contribution in [0.5, 0.6) is 5.75 Å². The number of halogens is 1. The quantitative estimate of drug-likeness (QED) is 0.855. The third kappa shape index (κ3) is 2.45. The van der Waals surface area contributed by atoms with Gasteiger partial charge in [-0.1, -0.05) is 0 Å². The number of hydrogen-bond donors (Lipinski definition) is 2. The molecule has 2 rings (SSSR count). The van der Waals surface area contributed by atoms with E-state index in [4.69, 9.17) is 0 Å². The first kappa shape index (κ1) is 12.0. The summed E-state index contributed by atoms with van der Waals surface area (Å²) in [6.07, 6.45) is 2.60. The first-order chi connectivity index (χ1) is 8.58. The summed E-state index contributed by atoms with van der Waals surface area (Å²) in [5, 5.41) is 12.1. The fourth-order valence-corrected chi connectivity index (χ4v) is 1.54. The SMILES string of the molecule is Cc1cc(F)ccc1NC(=O)c1ccncc1O. The number of aromatic hydroxyl groups is 1. The number of aromatic nitrogens is 1. The Bertz CT molecular complexity index is 599. The van der Waals surface area contributed by atoms with Crippen LogP contribution in [0.3, 0.4) is 0 Å². The summed E-state index contributed by atoms with van der Waals surface area (Å²) in [4.78, 5) is 15.6. The molecule has 0 aliphatic rings. The van der Waals surface area contributed by atoms with Crippen molar-refractivity contribution in [2.45, 2.75) is 6.92 Å². The lowest BCUT2D eigenvalue weighted by atomic mass is 10.1. The Balaban J connectivity index is 2.24. The zero-order valence-corrected chi connectivity index (χ0v) is 9.64. The minimum absolute atomic E-state index is 0.119. The number of anilines is 1. The van der Waals surface area contributed by atoms with E-state index in [-0.39, 0.29) is 17.1 Å². The molecule has 2 aromatic rings. The summed E-state index contributed by atoms with van der Waals surface area (Å²) >= 11 is 0. The molecule has 0 unspecified atom stereocenters. The number of benzene rings is 1. The number of hydrogen-bond acceptors (Lipinski definition) is 3. The number of rotatable bonds is 2. The Morgan fingerprint density at radius 2 is 2.17 bits per heavy atom. The number of nitrogens with zero attached hydrogens (tertiary/aromatic N) is 1. The summed E-state index contributed by atoms with van der Waals surface area (Å²) in [5.74, 6) is -1.03. The highest BCUT2D eigenvalue weighted by Crippen LogP contribution is 2.19. The van der Waals surface area contributed by atoms with Crippen molar-refractivity contribution in [1.29, 1.82) is 0 Å². The van der Waals surface area contributed by atoms with Gasteiger partial charge in [0.1, 0.15) is 11.6 Å².